The standard InChI is InChI=1S/C22H20N2O3S/c1-24(28(25,26)22-9-4-3-8-21(22)27-2)16-17-10-12-19(13-11-17)20-7-5-6-18(14-20)15-23/h3-14H,16H2,1-2H3. The highest BCUT2D eigenvalue weighted by Gasteiger charge is 2.24. The van der Waals surface area contributed by atoms with Gasteiger partial charge in [0.1, 0.15) is 10.6 Å². The first-order valence-electron chi connectivity index (χ1n) is 8.64. The summed E-state index contributed by atoms with van der Waals surface area (Å²) in [5.74, 6) is 0.321. The number of rotatable bonds is 6. The lowest BCUT2D eigenvalue weighted by Gasteiger charge is -2.19. The average Bonchev–Trinajstić information content (AvgIpc) is 2.74. The second-order valence-corrected chi connectivity index (χ2v) is 8.31. The average molecular weight is 392 g/mol. The highest BCUT2D eigenvalue weighted by molar-refractivity contribution is 7.89. The predicted molar refractivity (Wildman–Crippen MR) is 108 cm³/mol. The highest BCUT2D eigenvalue weighted by Crippen LogP contribution is 2.27. The quantitative estimate of drug-likeness (QED) is 0.634. The third-order valence-electron chi connectivity index (χ3n) is 4.44. The van der Waals surface area contributed by atoms with Gasteiger partial charge in [0.25, 0.3) is 0 Å². The molecule has 0 aliphatic carbocycles. The number of benzene rings is 3. The third-order valence-corrected chi connectivity index (χ3v) is 6.28. The fraction of sp³-hybridized carbons (Fsp3) is 0.136. The number of methoxy groups -OCH3 is 1. The van der Waals surface area contributed by atoms with Crippen molar-refractivity contribution >= 4 is 10.0 Å². The number of ether oxygens (including phenoxy) is 1. The van der Waals surface area contributed by atoms with E-state index >= 15 is 0 Å². The first-order valence-corrected chi connectivity index (χ1v) is 10.1. The molecule has 0 bridgehead atoms. The van der Waals surface area contributed by atoms with Gasteiger partial charge in [-0.2, -0.15) is 9.57 Å². The maximum atomic E-state index is 12.9. The van der Waals surface area contributed by atoms with Crippen LogP contribution in [0.25, 0.3) is 11.1 Å². The number of nitrogens with zero attached hydrogens (tertiary/aromatic N) is 2. The molecule has 0 radical (unpaired) electrons. The van der Waals surface area contributed by atoms with Crippen molar-refractivity contribution < 1.29 is 13.2 Å². The van der Waals surface area contributed by atoms with E-state index in [1.807, 2.05) is 42.5 Å². The Hall–Kier alpha value is -3.14. The lowest BCUT2D eigenvalue weighted by Crippen LogP contribution is -2.26. The van der Waals surface area contributed by atoms with Crippen LogP contribution in [0.4, 0.5) is 0 Å². The predicted octanol–water partition coefficient (Wildman–Crippen LogP) is 4.05. The number of para-hydroxylation sites is 1. The molecule has 0 spiro atoms. The molecule has 3 rings (SSSR count). The van der Waals surface area contributed by atoms with E-state index in [0.29, 0.717) is 11.3 Å². The van der Waals surface area contributed by atoms with Crippen LogP contribution in [0.15, 0.2) is 77.7 Å². The second kappa shape index (κ2) is 8.26. The molecule has 6 heteroatoms. The van der Waals surface area contributed by atoms with Gasteiger partial charge in [0.15, 0.2) is 0 Å². The highest BCUT2D eigenvalue weighted by atomic mass is 32.2. The minimum Gasteiger partial charge on any atom is -0.495 e. The summed E-state index contributed by atoms with van der Waals surface area (Å²) < 4.78 is 32.3. The molecule has 0 unspecified atom stereocenters. The van der Waals surface area contributed by atoms with Crippen molar-refractivity contribution in [2.45, 2.75) is 11.4 Å². The van der Waals surface area contributed by atoms with Crippen molar-refractivity contribution in [2.24, 2.45) is 0 Å². The van der Waals surface area contributed by atoms with Gasteiger partial charge in [-0.1, -0.05) is 48.5 Å². The van der Waals surface area contributed by atoms with Gasteiger partial charge >= 0.3 is 0 Å². The van der Waals surface area contributed by atoms with Crippen LogP contribution in [0.5, 0.6) is 5.75 Å². The molecule has 0 fully saturated rings. The summed E-state index contributed by atoms with van der Waals surface area (Å²) >= 11 is 0. The Morgan fingerprint density at radius 3 is 2.36 bits per heavy atom. The zero-order chi connectivity index (χ0) is 20.1. The Morgan fingerprint density at radius 1 is 0.964 bits per heavy atom. The largest absolute Gasteiger partial charge is 0.495 e. The molecule has 5 nitrogen and oxygen atoms in total. The summed E-state index contributed by atoms with van der Waals surface area (Å²) in [6.07, 6.45) is 0. The third kappa shape index (κ3) is 4.06. The minimum atomic E-state index is -3.68. The fourth-order valence-electron chi connectivity index (χ4n) is 2.91. The molecule has 0 aromatic heterocycles. The number of sulfonamides is 1. The Labute approximate surface area is 165 Å². The van der Waals surface area contributed by atoms with Crippen molar-refractivity contribution in [3.63, 3.8) is 0 Å². The van der Waals surface area contributed by atoms with E-state index in [2.05, 4.69) is 6.07 Å². The van der Waals surface area contributed by atoms with Crippen LogP contribution in [0.2, 0.25) is 0 Å². The summed E-state index contributed by atoms with van der Waals surface area (Å²) in [7, 11) is -0.678. The molecule has 28 heavy (non-hydrogen) atoms. The topological polar surface area (TPSA) is 70.4 Å². The Kier molecular flexibility index (Phi) is 5.78. The van der Waals surface area contributed by atoms with Crippen LogP contribution >= 0.6 is 0 Å². The molecule has 0 aliphatic rings. The van der Waals surface area contributed by atoms with E-state index in [1.54, 1.807) is 31.3 Å². The van der Waals surface area contributed by atoms with E-state index in [0.717, 1.165) is 16.7 Å². The van der Waals surface area contributed by atoms with Gasteiger partial charge in [0.05, 0.1) is 18.7 Å². The van der Waals surface area contributed by atoms with Crippen molar-refractivity contribution in [1.82, 2.24) is 4.31 Å². The second-order valence-electron chi connectivity index (χ2n) is 6.30. The van der Waals surface area contributed by atoms with Crippen LogP contribution in [-0.2, 0) is 16.6 Å². The van der Waals surface area contributed by atoms with Crippen molar-refractivity contribution in [2.75, 3.05) is 14.2 Å². The summed E-state index contributed by atoms with van der Waals surface area (Å²) in [4.78, 5) is 0.143. The molecule has 0 heterocycles. The van der Waals surface area contributed by atoms with Crippen LogP contribution in [0, 0.1) is 11.3 Å². The Balaban J connectivity index is 1.81. The van der Waals surface area contributed by atoms with Crippen LogP contribution in [0.3, 0.4) is 0 Å². The summed E-state index contributed by atoms with van der Waals surface area (Å²) in [6.45, 7) is 0.235. The lowest BCUT2D eigenvalue weighted by molar-refractivity contribution is 0.397. The molecule has 0 aliphatic heterocycles. The van der Waals surface area contributed by atoms with Crippen LogP contribution in [0.1, 0.15) is 11.1 Å². The zero-order valence-electron chi connectivity index (χ0n) is 15.7. The van der Waals surface area contributed by atoms with E-state index < -0.39 is 10.0 Å². The molecule has 142 valence electrons. The zero-order valence-corrected chi connectivity index (χ0v) is 16.5. The normalized spacial score (nSPS) is 11.2. The monoisotopic (exact) mass is 392 g/mol. The van der Waals surface area contributed by atoms with Gasteiger partial charge in [0.2, 0.25) is 10.0 Å². The first-order chi connectivity index (χ1) is 13.5. The molecule has 0 atom stereocenters. The summed E-state index contributed by atoms with van der Waals surface area (Å²) in [5.41, 5.74) is 3.38. The molecule has 3 aromatic rings. The van der Waals surface area contributed by atoms with Crippen LogP contribution in [-0.4, -0.2) is 26.9 Å². The van der Waals surface area contributed by atoms with E-state index in [9.17, 15) is 8.42 Å². The molecule has 0 amide bonds. The fourth-order valence-corrected chi connectivity index (χ4v) is 4.22. The van der Waals surface area contributed by atoms with E-state index in [4.69, 9.17) is 10.00 Å². The van der Waals surface area contributed by atoms with Gasteiger partial charge in [-0.05, 0) is 41.0 Å². The van der Waals surface area contributed by atoms with Crippen molar-refractivity contribution in [3.05, 3.63) is 83.9 Å². The molecular weight excluding hydrogens is 372 g/mol. The van der Waals surface area contributed by atoms with Gasteiger partial charge in [-0.15, -0.1) is 0 Å². The van der Waals surface area contributed by atoms with Gasteiger partial charge in [-0.3, -0.25) is 0 Å². The molecule has 0 saturated heterocycles. The molecular formula is C22H20N2O3S. The number of hydrogen-bond donors (Lipinski definition) is 0. The van der Waals surface area contributed by atoms with E-state index in [-0.39, 0.29) is 11.4 Å². The van der Waals surface area contributed by atoms with Gasteiger partial charge in [-0.25, -0.2) is 8.42 Å². The maximum Gasteiger partial charge on any atom is 0.246 e. The van der Waals surface area contributed by atoms with Crippen LogP contribution < -0.4 is 4.74 Å². The van der Waals surface area contributed by atoms with Gasteiger partial charge < -0.3 is 4.74 Å². The summed E-state index contributed by atoms with van der Waals surface area (Å²) in [6, 6.07) is 23.7. The number of hydrogen-bond acceptors (Lipinski definition) is 4. The maximum absolute atomic E-state index is 12.9. The lowest BCUT2D eigenvalue weighted by atomic mass is 10.0. The van der Waals surface area contributed by atoms with E-state index in [1.165, 1.54) is 17.5 Å². The van der Waals surface area contributed by atoms with Crippen molar-refractivity contribution in [3.8, 4) is 22.9 Å². The molecule has 3 aromatic carbocycles. The SMILES string of the molecule is COc1ccccc1S(=O)(=O)N(C)Cc1ccc(-c2cccc(C#N)c2)cc1. The summed E-state index contributed by atoms with van der Waals surface area (Å²) in [5, 5.41) is 9.04. The minimum absolute atomic E-state index is 0.143. The smallest absolute Gasteiger partial charge is 0.246 e. The molecule has 0 saturated carbocycles. The number of nitriles is 1. The van der Waals surface area contributed by atoms with Gasteiger partial charge in [0, 0.05) is 13.6 Å². The van der Waals surface area contributed by atoms with Crippen molar-refractivity contribution in [1.29, 1.82) is 5.26 Å². The molecule has 0 N–H and O–H groups in total. The first kappa shape index (κ1) is 19.6. The Bertz CT molecular complexity index is 1120. The Morgan fingerprint density at radius 2 is 1.68 bits per heavy atom.